The minimum atomic E-state index is 0.515. The molecular formula is C20H19N3S. The van der Waals surface area contributed by atoms with E-state index in [1.807, 2.05) is 11.3 Å². The molecule has 1 fully saturated rings. The van der Waals surface area contributed by atoms with Gasteiger partial charge < -0.3 is 10.2 Å². The summed E-state index contributed by atoms with van der Waals surface area (Å²) in [5.41, 5.74) is 3.68. The van der Waals surface area contributed by atoms with Crippen LogP contribution in [0.5, 0.6) is 0 Å². The number of fused-ring (bicyclic) bond motifs is 4. The Labute approximate surface area is 145 Å². The Hall–Kier alpha value is -2.17. The molecule has 0 aliphatic carbocycles. The lowest BCUT2D eigenvalue weighted by atomic mass is 10.1. The summed E-state index contributed by atoms with van der Waals surface area (Å²) in [5, 5.41) is 4.83. The molecule has 2 aliphatic heterocycles. The van der Waals surface area contributed by atoms with Crippen LogP contribution in [0.3, 0.4) is 0 Å². The molecule has 4 heteroatoms. The Morgan fingerprint density at radius 2 is 2.08 bits per heavy atom. The molecule has 0 spiro atoms. The summed E-state index contributed by atoms with van der Waals surface area (Å²) in [6.07, 6.45) is 3.09. The fraction of sp³-hybridized carbons (Fsp3) is 0.250. The quantitative estimate of drug-likeness (QED) is 0.712. The van der Waals surface area contributed by atoms with Crippen LogP contribution in [0.15, 0.2) is 53.5 Å². The maximum absolute atomic E-state index is 4.70. The van der Waals surface area contributed by atoms with E-state index in [1.165, 1.54) is 26.2 Å². The SMILES string of the molecule is C1=Nc2ccc(-c3cc4ccccc4s3)cc2N2CCNCC2C1. The molecule has 1 atom stereocenters. The van der Waals surface area contributed by atoms with Crippen LogP contribution in [0, 0.1) is 0 Å². The summed E-state index contributed by atoms with van der Waals surface area (Å²) in [6.45, 7) is 3.14. The van der Waals surface area contributed by atoms with Gasteiger partial charge in [0.1, 0.15) is 0 Å². The molecule has 1 saturated heterocycles. The zero-order valence-corrected chi connectivity index (χ0v) is 14.2. The van der Waals surface area contributed by atoms with Crippen molar-refractivity contribution in [3.05, 3.63) is 48.5 Å². The summed E-state index contributed by atoms with van der Waals surface area (Å²) in [4.78, 5) is 8.57. The Balaban J connectivity index is 1.62. The van der Waals surface area contributed by atoms with E-state index in [4.69, 9.17) is 4.99 Å². The summed E-state index contributed by atoms with van der Waals surface area (Å²) >= 11 is 1.87. The second-order valence-electron chi connectivity index (χ2n) is 6.45. The van der Waals surface area contributed by atoms with Gasteiger partial charge in [0, 0.05) is 47.9 Å². The molecule has 2 aliphatic rings. The summed E-state index contributed by atoms with van der Waals surface area (Å²) in [6, 6.07) is 18.1. The van der Waals surface area contributed by atoms with Crippen molar-refractivity contribution in [2.24, 2.45) is 4.99 Å². The molecule has 24 heavy (non-hydrogen) atoms. The number of nitrogens with zero attached hydrogens (tertiary/aromatic N) is 2. The van der Waals surface area contributed by atoms with E-state index in [1.54, 1.807) is 0 Å². The Morgan fingerprint density at radius 3 is 3.04 bits per heavy atom. The highest BCUT2D eigenvalue weighted by atomic mass is 32.1. The van der Waals surface area contributed by atoms with Crippen LogP contribution in [0.4, 0.5) is 11.4 Å². The highest BCUT2D eigenvalue weighted by Gasteiger charge is 2.25. The fourth-order valence-electron chi connectivity index (χ4n) is 3.70. The first-order chi connectivity index (χ1) is 11.9. The predicted octanol–water partition coefficient (Wildman–Crippen LogP) is 4.45. The first-order valence-corrected chi connectivity index (χ1v) is 9.33. The largest absolute Gasteiger partial charge is 0.364 e. The molecule has 0 bridgehead atoms. The van der Waals surface area contributed by atoms with Gasteiger partial charge in [-0.25, -0.2) is 0 Å². The molecule has 1 unspecified atom stereocenters. The van der Waals surface area contributed by atoms with Gasteiger partial charge in [0.2, 0.25) is 0 Å². The second-order valence-corrected chi connectivity index (χ2v) is 7.53. The van der Waals surface area contributed by atoms with E-state index in [0.717, 1.165) is 31.7 Å². The van der Waals surface area contributed by atoms with Crippen LogP contribution in [-0.4, -0.2) is 31.9 Å². The maximum atomic E-state index is 4.70. The number of benzene rings is 2. The van der Waals surface area contributed by atoms with Crippen molar-refractivity contribution >= 4 is 39.0 Å². The van der Waals surface area contributed by atoms with Gasteiger partial charge in [-0.1, -0.05) is 24.3 Å². The van der Waals surface area contributed by atoms with E-state index < -0.39 is 0 Å². The zero-order valence-electron chi connectivity index (χ0n) is 13.4. The number of piperazine rings is 1. The third kappa shape index (κ3) is 2.34. The highest BCUT2D eigenvalue weighted by molar-refractivity contribution is 7.22. The van der Waals surface area contributed by atoms with Gasteiger partial charge in [-0.05, 0) is 35.2 Å². The van der Waals surface area contributed by atoms with Crippen molar-refractivity contribution in [2.75, 3.05) is 24.5 Å². The van der Waals surface area contributed by atoms with Crippen molar-refractivity contribution in [1.29, 1.82) is 0 Å². The Morgan fingerprint density at radius 1 is 1.12 bits per heavy atom. The molecule has 5 rings (SSSR count). The van der Waals surface area contributed by atoms with Gasteiger partial charge in [0.05, 0.1) is 11.4 Å². The standard InChI is InChI=1S/C20H19N3S/c1-2-4-19-14(3-1)12-20(24-19)15-5-6-17-18(11-15)23-10-9-21-13-16(23)7-8-22-17/h1-6,8,11-12,16,21H,7,9-10,13H2. The normalized spacial score (nSPS) is 19.8. The third-order valence-electron chi connectivity index (χ3n) is 4.95. The van der Waals surface area contributed by atoms with E-state index >= 15 is 0 Å². The monoisotopic (exact) mass is 333 g/mol. The second kappa shape index (κ2) is 5.72. The number of anilines is 1. The van der Waals surface area contributed by atoms with Crippen molar-refractivity contribution in [3.8, 4) is 10.4 Å². The van der Waals surface area contributed by atoms with E-state index in [9.17, 15) is 0 Å². The van der Waals surface area contributed by atoms with E-state index in [2.05, 4.69) is 65.0 Å². The van der Waals surface area contributed by atoms with Crippen LogP contribution < -0.4 is 10.2 Å². The van der Waals surface area contributed by atoms with Crippen molar-refractivity contribution < 1.29 is 0 Å². The van der Waals surface area contributed by atoms with Crippen LogP contribution in [0.25, 0.3) is 20.5 Å². The average molecular weight is 333 g/mol. The first-order valence-electron chi connectivity index (χ1n) is 8.51. The molecule has 1 N–H and O–H groups in total. The third-order valence-corrected chi connectivity index (χ3v) is 6.12. The van der Waals surface area contributed by atoms with E-state index in [-0.39, 0.29) is 0 Å². The van der Waals surface area contributed by atoms with Crippen molar-refractivity contribution in [3.63, 3.8) is 0 Å². The number of nitrogens with one attached hydrogen (secondary N) is 1. The fourth-order valence-corrected chi connectivity index (χ4v) is 4.76. The molecule has 1 aromatic heterocycles. The molecule has 120 valence electrons. The van der Waals surface area contributed by atoms with Crippen LogP contribution in [0.1, 0.15) is 6.42 Å². The predicted molar refractivity (Wildman–Crippen MR) is 104 cm³/mol. The summed E-state index contributed by atoms with van der Waals surface area (Å²) < 4.78 is 1.35. The maximum Gasteiger partial charge on any atom is 0.0859 e. The van der Waals surface area contributed by atoms with Crippen molar-refractivity contribution in [2.45, 2.75) is 12.5 Å². The van der Waals surface area contributed by atoms with E-state index in [0.29, 0.717) is 6.04 Å². The Bertz CT molecular complexity index is 895. The number of hydrogen-bond acceptors (Lipinski definition) is 4. The number of aliphatic imine (C=N–C) groups is 1. The lowest BCUT2D eigenvalue weighted by Crippen LogP contribution is -2.51. The zero-order chi connectivity index (χ0) is 15.9. The molecule has 3 nitrogen and oxygen atoms in total. The molecule has 0 amide bonds. The Kier molecular flexibility index (Phi) is 3.39. The minimum Gasteiger partial charge on any atom is -0.364 e. The summed E-state index contributed by atoms with van der Waals surface area (Å²) in [7, 11) is 0. The van der Waals surface area contributed by atoms with Crippen LogP contribution >= 0.6 is 11.3 Å². The van der Waals surface area contributed by atoms with Crippen LogP contribution in [0.2, 0.25) is 0 Å². The molecule has 3 heterocycles. The number of thiophene rings is 1. The average Bonchev–Trinajstić information content (AvgIpc) is 2.98. The van der Waals surface area contributed by atoms with Gasteiger partial charge in [0.15, 0.2) is 0 Å². The molecular weight excluding hydrogens is 314 g/mol. The lowest BCUT2D eigenvalue weighted by molar-refractivity contribution is 0.489. The molecule has 3 aromatic rings. The number of rotatable bonds is 1. The highest BCUT2D eigenvalue weighted by Crippen LogP contribution is 2.40. The van der Waals surface area contributed by atoms with Gasteiger partial charge >= 0.3 is 0 Å². The van der Waals surface area contributed by atoms with Gasteiger partial charge in [-0.2, -0.15) is 0 Å². The van der Waals surface area contributed by atoms with Crippen LogP contribution in [-0.2, 0) is 0 Å². The molecule has 0 radical (unpaired) electrons. The minimum absolute atomic E-state index is 0.515. The molecule has 0 saturated carbocycles. The van der Waals surface area contributed by atoms with Gasteiger partial charge in [-0.15, -0.1) is 11.3 Å². The smallest absolute Gasteiger partial charge is 0.0859 e. The van der Waals surface area contributed by atoms with Gasteiger partial charge in [-0.3, -0.25) is 4.99 Å². The number of hydrogen-bond donors (Lipinski definition) is 1. The molecule has 2 aromatic carbocycles. The lowest BCUT2D eigenvalue weighted by Gasteiger charge is -2.37. The topological polar surface area (TPSA) is 27.6 Å². The van der Waals surface area contributed by atoms with Gasteiger partial charge in [0.25, 0.3) is 0 Å². The van der Waals surface area contributed by atoms with Crippen molar-refractivity contribution in [1.82, 2.24) is 5.32 Å². The summed E-state index contributed by atoms with van der Waals surface area (Å²) in [5.74, 6) is 0. The first kappa shape index (κ1) is 14.2.